The van der Waals surface area contributed by atoms with Gasteiger partial charge in [0.15, 0.2) is 15.1 Å². The van der Waals surface area contributed by atoms with E-state index in [0.29, 0.717) is 0 Å². The number of aliphatic carboxylic acids is 1. The molecular formula is C6H10F2O4S. The monoisotopic (exact) mass is 216 g/mol. The number of sulfone groups is 1. The molecular weight excluding hydrogens is 206 g/mol. The molecule has 0 aromatic rings. The van der Waals surface area contributed by atoms with Crippen LogP contribution in [0.25, 0.3) is 0 Å². The predicted molar refractivity (Wildman–Crippen MR) is 41.5 cm³/mol. The number of hydrogen-bond acceptors (Lipinski definition) is 3. The fourth-order valence-corrected chi connectivity index (χ4v) is 1.75. The van der Waals surface area contributed by atoms with E-state index in [1.165, 1.54) is 0 Å². The van der Waals surface area contributed by atoms with E-state index >= 15 is 0 Å². The summed E-state index contributed by atoms with van der Waals surface area (Å²) in [5.41, 5.74) is 0. The molecule has 0 saturated heterocycles. The molecule has 0 saturated carbocycles. The molecule has 0 amide bonds. The molecule has 4 nitrogen and oxygen atoms in total. The van der Waals surface area contributed by atoms with Crippen LogP contribution in [-0.4, -0.2) is 36.9 Å². The van der Waals surface area contributed by atoms with Crippen molar-refractivity contribution in [1.29, 1.82) is 0 Å². The minimum atomic E-state index is -3.93. The van der Waals surface area contributed by atoms with Gasteiger partial charge in [0, 0.05) is 6.42 Å². The molecule has 78 valence electrons. The topological polar surface area (TPSA) is 71.4 Å². The van der Waals surface area contributed by atoms with Crippen LogP contribution in [-0.2, 0) is 14.6 Å². The Morgan fingerprint density at radius 1 is 1.46 bits per heavy atom. The highest BCUT2D eigenvalue weighted by Gasteiger charge is 2.27. The first-order valence-electron chi connectivity index (χ1n) is 3.50. The fourth-order valence-electron chi connectivity index (χ4n) is 0.584. The van der Waals surface area contributed by atoms with Crippen LogP contribution in [0, 0.1) is 0 Å². The Bertz CT molecular complexity index is 272. The van der Waals surface area contributed by atoms with Crippen LogP contribution in [0.5, 0.6) is 0 Å². The smallest absolute Gasteiger partial charge is 0.321 e. The van der Waals surface area contributed by atoms with E-state index in [-0.39, 0.29) is 0 Å². The minimum absolute atomic E-state index is 0.794. The second-order valence-corrected chi connectivity index (χ2v) is 4.97. The average molecular weight is 216 g/mol. The maximum Gasteiger partial charge on any atom is 0.321 e. The van der Waals surface area contributed by atoms with Gasteiger partial charge in [0.2, 0.25) is 6.43 Å². The molecule has 0 rings (SSSR count). The van der Waals surface area contributed by atoms with Gasteiger partial charge >= 0.3 is 5.97 Å². The number of alkyl halides is 2. The van der Waals surface area contributed by atoms with Gasteiger partial charge in [-0.2, -0.15) is 0 Å². The van der Waals surface area contributed by atoms with E-state index in [4.69, 9.17) is 5.11 Å². The summed E-state index contributed by atoms with van der Waals surface area (Å²) in [6.45, 7) is 0.961. The quantitative estimate of drug-likeness (QED) is 0.727. The number of carbonyl (C=O) groups is 1. The lowest BCUT2D eigenvalue weighted by atomic mass is 10.5. The Balaban J connectivity index is 4.33. The first-order valence-corrected chi connectivity index (χ1v) is 5.21. The highest BCUT2D eigenvalue weighted by atomic mass is 32.2. The summed E-state index contributed by atoms with van der Waals surface area (Å²) in [6.07, 6.45) is -3.55. The van der Waals surface area contributed by atoms with Crippen molar-refractivity contribution in [2.24, 2.45) is 0 Å². The standard InChI is InChI=1S/C6H10F2O4S/c1-4(6(9)10)13(11,12)3-2-5(7)8/h4-5H,2-3H2,1H3,(H,9,10). The number of hydrogen-bond donors (Lipinski definition) is 1. The molecule has 0 aliphatic heterocycles. The van der Waals surface area contributed by atoms with Crippen molar-refractivity contribution in [2.75, 3.05) is 5.75 Å². The SMILES string of the molecule is CC(C(=O)O)S(=O)(=O)CCC(F)F. The van der Waals surface area contributed by atoms with Gasteiger partial charge < -0.3 is 5.11 Å². The Labute approximate surface area is 74.5 Å². The van der Waals surface area contributed by atoms with Gasteiger partial charge in [-0.15, -0.1) is 0 Å². The van der Waals surface area contributed by atoms with Gasteiger partial charge in [-0.25, -0.2) is 17.2 Å². The normalized spacial score (nSPS) is 14.5. The number of halogens is 2. The fraction of sp³-hybridized carbons (Fsp3) is 0.833. The lowest BCUT2D eigenvalue weighted by molar-refractivity contribution is -0.136. The highest BCUT2D eigenvalue weighted by molar-refractivity contribution is 7.92. The molecule has 0 aromatic heterocycles. The Morgan fingerprint density at radius 2 is 1.92 bits per heavy atom. The van der Waals surface area contributed by atoms with Gasteiger partial charge in [0.25, 0.3) is 0 Å². The zero-order chi connectivity index (χ0) is 10.6. The molecule has 0 fully saturated rings. The van der Waals surface area contributed by atoms with Crippen molar-refractivity contribution in [3.63, 3.8) is 0 Å². The number of rotatable bonds is 5. The van der Waals surface area contributed by atoms with Crippen LogP contribution >= 0.6 is 0 Å². The van der Waals surface area contributed by atoms with Crippen LogP contribution in [0.1, 0.15) is 13.3 Å². The van der Waals surface area contributed by atoms with Crippen LogP contribution in [0.3, 0.4) is 0 Å². The van der Waals surface area contributed by atoms with E-state index in [9.17, 15) is 22.0 Å². The molecule has 0 aliphatic rings. The summed E-state index contributed by atoms with van der Waals surface area (Å²) < 4.78 is 45.2. The average Bonchev–Trinajstić information content (AvgIpc) is 1.99. The van der Waals surface area contributed by atoms with Gasteiger partial charge in [-0.1, -0.05) is 0 Å². The van der Waals surface area contributed by atoms with E-state index < -0.39 is 39.7 Å². The minimum Gasteiger partial charge on any atom is -0.480 e. The summed E-state index contributed by atoms with van der Waals surface area (Å²) in [4.78, 5) is 10.2. The zero-order valence-corrected chi connectivity index (χ0v) is 7.72. The Kier molecular flexibility index (Phi) is 4.25. The van der Waals surface area contributed by atoms with Crippen molar-refractivity contribution in [2.45, 2.75) is 25.0 Å². The third-order valence-corrected chi connectivity index (χ3v) is 3.59. The largest absolute Gasteiger partial charge is 0.480 e. The number of carboxylic acid groups (broad SMARTS) is 1. The van der Waals surface area contributed by atoms with E-state index in [2.05, 4.69) is 0 Å². The van der Waals surface area contributed by atoms with Gasteiger partial charge in [-0.3, -0.25) is 4.79 Å². The van der Waals surface area contributed by atoms with E-state index in [1.54, 1.807) is 0 Å². The molecule has 0 aliphatic carbocycles. The zero-order valence-electron chi connectivity index (χ0n) is 6.91. The van der Waals surface area contributed by atoms with Crippen molar-refractivity contribution in [1.82, 2.24) is 0 Å². The summed E-state index contributed by atoms with van der Waals surface area (Å²) in [5, 5.41) is 6.70. The molecule has 1 unspecified atom stereocenters. The second kappa shape index (κ2) is 4.50. The highest BCUT2D eigenvalue weighted by Crippen LogP contribution is 2.08. The molecule has 1 N–H and O–H groups in total. The van der Waals surface area contributed by atoms with Gasteiger partial charge in [-0.05, 0) is 6.92 Å². The molecule has 0 radical (unpaired) electrons. The van der Waals surface area contributed by atoms with E-state index in [0.717, 1.165) is 6.92 Å². The molecule has 0 aromatic carbocycles. The maximum atomic E-state index is 11.6. The molecule has 7 heteroatoms. The molecule has 1 atom stereocenters. The summed E-state index contributed by atoms with van der Waals surface area (Å²) in [7, 11) is -3.93. The van der Waals surface area contributed by atoms with Gasteiger partial charge in [0.05, 0.1) is 5.75 Å². The molecule has 13 heavy (non-hydrogen) atoms. The summed E-state index contributed by atoms with van der Waals surface area (Å²) in [5.74, 6) is -2.31. The third-order valence-electron chi connectivity index (χ3n) is 1.51. The Hall–Kier alpha value is -0.720. The predicted octanol–water partition coefficient (Wildman–Crippen LogP) is 0.529. The van der Waals surface area contributed by atoms with Crippen molar-refractivity contribution in [3.8, 4) is 0 Å². The summed E-state index contributed by atoms with van der Waals surface area (Å²) in [6, 6.07) is 0. The third kappa shape index (κ3) is 4.16. The van der Waals surface area contributed by atoms with Crippen molar-refractivity contribution < 1.29 is 27.1 Å². The van der Waals surface area contributed by atoms with Crippen LogP contribution in [0.2, 0.25) is 0 Å². The lowest BCUT2D eigenvalue weighted by Gasteiger charge is -2.07. The van der Waals surface area contributed by atoms with Crippen LogP contribution in [0.15, 0.2) is 0 Å². The second-order valence-electron chi connectivity index (χ2n) is 2.53. The van der Waals surface area contributed by atoms with Crippen LogP contribution in [0.4, 0.5) is 8.78 Å². The maximum absolute atomic E-state index is 11.6. The molecule has 0 heterocycles. The van der Waals surface area contributed by atoms with Crippen LogP contribution < -0.4 is 0 Å². The first kappa shape index (κ1) is 12.3. The Morgan fingerprint density at radius 3 is 2.23 bits per heavy atom. The first-order chi connectivity index (χ1) is 5.77. The van der Waals surface area contributed by atoms with Crippen molar-refractivity contribution >= 4 is 15.8 Å². The molecule has 0 spiro atoms. The van der Waals surface area contributed by atoms with Crippen molar-refractivity contribution in [3.05, 3.63) is 0 Å². The number of carboxylic acids is 1. The molecule has 0 bridgehead atoms. The van der Waals surface area contributed by atoms with Gasteiger partial charge in [0.1, 0.15) is 0 Å². The lowest BCUT2D eigenvalue weighted by Crippen LogP contribution is -2.29. The van der Waals surface area contributed by atoms with E-state index in [1.807, 2.05) is 0 Å². The summed E-state index contributed by atoms with van der Waals surface area (Å²) >= 11 is 0.